The summed E-state index contributed by atoms with van der Waals surface area (Å²) < 4.78 is 32.2. The van der Waals surface area contributed by atoms with Gasteiger partial charge in [0.15, 0.2) is 0 Å². The van der Waals surface area contributed by atoms with Crippen LogP contribution in [0.5, 0.6) is 0 Å². The number of rotatable bonds is 6. The zero-order chi connectivity index (χ0) is 14.4. The second-order valence-corrected chi connectivity index (χ2v) is 7.78. The molecular formula is C13H27N3O3S. The summed E-state index contributed by atoms with van der Waals surface area (Å²) in [4.78, 5) is 2.16. The van der Waals surface area contributed by atoms with Crippen molar-refractivity contribution in [1.29, 1.82) is 0 Å². The highest BCUT2D eigenvalue weighted by Gasteiger charge is 2.21. The van der Waals surface area contributed by atoms with Gasteiger partial charge in [-0.3, -0.25) is 0 Å². The van der Waals surface area contributed by atoms with Crippen LogP contribution in [0.4, 0.5) is 0 Å². The highest BCUT2D eigenvalue weighted by atomic mass is 32.2. The van der Waals surface area contributed by atoms with Crippen molar-refractivity contribution >= 4 is 10.0 Å². The van der Waals surface area contributed by atoms with Gasteiger partial charge in [0.2, 0.25) is 10.0 Å². The van der Waals surface area contributed by atoms with E-state index in [4.69, 9.17) is 4.74 Å². The summed E-state index contributed by atoms with van der Waals surface area (Å²) in [5.41, 5.74) is 0. The highest BCUT2D eigenvalue weighted by Crippen LogP contribution is 2.11. The van der Waals surface area contributed by atoms with E-state index in [0.29, 0.717) is 25.6 Å². The smallest absolute Gasteiger partial charge is 0.211 e. The van der Waals surface area contributed by atoms with Gasteiger partial charge in [-0.25, -0.2) is 13.1 Å². The van der Waals surface area contributed by atoms with Crippen LogP contribution < -0.4 is 10.0 Å². The average Bonchev–Trinajstić information content (AvgIpc) is 2.45. The summed E-state index contributed by atoms with van der Waals surface area (Å²) in [6, 6.07) is 0.359. The van der Waals surface area contributed by atoms with E-state index in [-0.39, 0.29) is 11.9 Å². The standard InChI is InChI=1S/C13H27N3O3S/c1-16-7-8-19-13(11-16)10-15-20(17,18)9-5-12-4-2-3-6-14-12/h12-15H,2-11H2,1H3. The minimum absolute atomic E-state index is 0.0312. The van der Waals surface area contributed by atoms with Crippen LogP contribution in [0.1, 0.15) is 25.7 Å². The second kappa shape index (κ2) is 7.70. The molecule has 0 radical (unpaired) electrons. The van der Waals surface area contributed by atoms with Crippen molar-refractivity contribution in [3.05, 3.63) is 0 Å². The Morgan fingerprint density at radius 3 is 2.95 bits per heavy atom. The Labute approximate surface area is 122 Å². The van der Waals surface area contributed by atoms with E-state index in [1.807, 2.05) is 7.05 Å². The Balaban J connectivity index is 1.67. The van der Waals surface area contributed by atoms with Crippen molar-refractivity contribution in [3.63, 3.8) is 0 Å². The molecule has 7 heteroatoms. The predicted octanol–water partition coefficient (Wildman–Crippen LogP) is -0.231. The van der Waals surface area contributed by atoms with E-state index in [9.17, 15) is 8.42 Å². The molecular weight excluding hydrogens is 278 g/mol. The Morgan fingerprint density at radius 2 is 2.25 bits per heavy atom. The summed E-state index contributed by atoms with van der Waals surface area (Å²) >= 11 is 0. The first kappa shape index (κ1) is 16.2. The van der Waals surface area contributed by atoms with Crippen molar-refractivity contribution in [3.8, 4) is 0 Å². The molecule has 20 heavy (non-hydrogen) atoms. The van der Waals surface area contributed by atoms with Gasteiger partial charge in [0.05, 0.1) is 18.5 Å². The lowest BCUT2D eigenvalue weighted by molar-refractivity contribution is -0.0156. The number of nitrogens with one attached hydrogen (secondary N) is 2. The number of ether oxygens (including phenoxy) is 1. The van der Waals surface area contributed by atoms with Crippen LogP contribution in [0.25, 0.3) is 0 Å². The monoisotopic (exact) mass is 305 g/mol. The highest BCUT2D eigenvalue weighted by molar-refractivity contribution is 7.89. The number of hydrogen-bond donors (Lipinski definition) is 2. The molecule has 0 aliphatic carbocycles. The quantitative estimate of drug-likeness (QED) is 0.709. The number of piperidine rings is 1. The lowest BCUT2D eigenvalue weighted by Gasteiger charge is -2.30. The molecule has 2 aliphatic heterocycles. The van der Waals surface area contributed by atoms with E-state index < -0.39 is 10.0 Å². The van der Waals surface area contributed by atoms with Crippen molar-refractivity contribution in [2.45, 2.75) is 37.8 Å². The van der Waals surface area contributed by atoms with Gasteiger partial charge in [-0.15, -0.1) is 0 Å². The van der Waals surface area contributed by atoms with Gasteiger partial charge in [0.1, 0.15) is 0 Å². The molecule has 2 rings (SSSR count). The van der Waals surface area contributed by atoms with Gasteiger partial charge in [-0.05, 0) is 32.9 Å². The summed E-state index contributed by atoms with van der Waals surface area (Å²) in [6.45, 7) is 3.77. The molecule has 0 aromatic rings. The molecule has 0 saturated carbocycles. The second-order valence-electron chi connectivity index (χ2n) is 5.86. The lowest BCUT2D eigenvalue weighted by Crippen LogP contribution is -2.46. The lowest BCUT2D eigenvalue weighted by atomic mass is 10.0. The van der Waals surface area contributed by atoms with E-state index >= 15 is 0 Å². The number of hydrogen-bond acceptors (Lipinski definition) is 5. The molecule has 2 N–H and O–H groups in total. The Hall–Kier alpha value is -0.210. The fraction of sp³-hybridized carbons (Fsp3) is 1.00. The minimum atomic E-state index is -3.19. The van der Waals surface area contributed by atoms with Crippen LogP contribution in [-0.4, -0.2) is 71.0 Å². The predicted molar refractivity (Wildman–Crippen MR) is 79.3 cm³/mol. The van der Waals surface area contributed by atoms with Crippen LogP contribution in [0.15, 0.2) is 0 Å². The minimum Gasteiger partial charge on any atom is -0.374 e. The van der Waals surface area contributed by atoms with Gasteiger partial charge in [0, 0.05) is 25.7 Å². The third-order valence-electron chi connectivity index (χ3n) is 4.02. The van der Waals surface area contributed by atoms with Crippen LogP contribution in [0.3, 0.4) is 0 Å². The van der Waals surface area contributed by atoms with E-state index in [1.165, 1.54) is 12.8 Å². The van der Waals surface area contributed by atoms with Crippen molar-refractivity contribution < 1.29 is 13.2 Å². The first-order valence-electron chi connectivity index (χ1n) is 7.56. The van der Waals surface area contributed by atoms with Gasteiger partial charge < -0.3 is 15.0 Å². The normalized spacial score (nSPS) is 29.4. The van der Waals surface area contributed by atoms with Gasteiger partial charge in [-0.1, -0.05) is 6.42 Å². The van der Waals surface area contributed by atoms with Crippen LogP contribution in [0, 0.1) is 0 Å². The third kappa shape index (κ3) is 5.65. The molecule has 2 heterocycles. The maximum atomic E-state index is 12.0. The van der Waals surface area contributed by atoms with Gasteiger partial charge in [-0.2, -0.15) is 0 Å². The summed E-state index contributed by atoms with van der Waals surface area (Å²) in [5, 5.41) is 3.38. The van der Waals surface area contributed by atoms with Gasteiger partial charge in [0.25, 0.3) is 0 Å². The van der Waals surface area contributed by atoms with Crippen LogP contribution >= 0.6 is 0 Å². The summed E-state index contributed by atoms with van der Waals surface area (Å²) in [5.74, 6) is 0.202. The molecule has 0 amide bonds. The molecule has 2 saturated heterocycles. The first-order chi connectivity index (χ1) is 9.55. The SMILES string of the molecule is CN1CCOC(CNS(=O)(=O)CCC2CCCCN2)C1. The Bertz CT molecular complexity index is 382. The third-order valence-corrected chi connectivity index (χ3v) is 5.40. The fourth-order valence-electron chi connectivity index (χ4n) is 2.75. The number of nitrogens with zero attached hydrogens (tertiary/aromatic N) is 1. The van der Waals surface area contributed by atoms with Crippen LogP contribution in [-0.2, 0) is 14.8 Å². The van der Waals surface area contributed by atoms with E-state index in [0.717, 1.165) is 26.1 Å². The topological polar surface area (TPSA) is 70.7 Å². The molecule has 2 unspecified atom stereocenters. The number of likely N-dealkylation sites (N-methyl/N-ethyl adjacent to an activating group) is 1. The van der Waals surface area contributed by atoms with Crippen molar-refractivity contribution in [2.75, 3.05) is 45.6 Å². The number of morpholine rings is 1. The fourth-order valence-corrected chi connectivity index (χ4v) is 3.93. The van der Waals surface area contributed by atoms with Gasteiger partial charge >= 0.3 is 0 Å². The zero-order valence-corrected chi connectivity index (χ0v) is 13.1. The van der Waals surface area contributed by atoms with Crippen molar-refractivity contribution in [1.82, 2.24) is 14.9 Å². The van der Waals surface area contributed by atoms with Crippen LogP contribution in [0.2, 0.25) is 0 Å². The molecule has 0 spiro atoms. The van der Waals surface area contributed by atoms with Crippen molar-refractivity contribution in [2.24, 2.45) is 0 Å². The molecule has 2 fully saturated rings. The maximum Gasteiger partial charge on any atom is 0.211 e. The molecule has 0 bridgehead atoms. The molecule has 2 aliphatic rings. The Kier molecular flexibility index (Phi) is 6.22. The van der Waals surface area contributed by atoms with E-state index in [1.54, 1.807) is 0 Å². The molecule has 0 aromatic carbocycles. The maximum absolute atomic E-state index is 12.0. The Morgan fingerprint density at radius 1 is 1.40 bits per heavy atom. The summed E-state index contributed by atoms with van der Waals surface area (Å²) in [6.07, 6.45) is 4.16. The largest absolute Gasteiger partial charge is 0.374 e. The molecule has 118 valence electrons. The molecule has 6 nitrogen and oxygen atoms in total. The summed E-state index contributed by atoms with van der Waals surface area (Å²) in [7, 11) is -1.16. The molecule has 0 aromatic heterocycles. The van der Waals surface area contributed by atoms with E-state index in [2.05, 4.69) is 14.9 Å². The molecule has 2 atom stereocenters. The number of sulfonamides is 1. The average molecular weight is 305 g/mol. The zero-order valence-electron chi connectivity index (χ0n) is 12.3. The first-order valence-corrected chi connectivity index (χ1v) is 9.21.